The van der Waals surface area contributed by atoms with Crippen molar-refractivity contribution in [2.24, 2.45) is 0 Å². The molecule has 212 valence electrons. The van der Waals surface area contributed by atoms with E-state index in [4.69, 9.17) is 18.3 Å². The summed E-state index contributed by atoms with van der Waals surface area (Å²) in [5.41, 5.74) is 0. The molecule has 0 aliphatic heterocycles. The smallest absolute Gasteiger partial charge is 0.418 e. The van der Waals surface area contributed by atoms with E-state index in [9.17, 15) is 5.11 Å². The predicted molar refractivity (Wildman–Crippen MR) is 159 cm³/mol. The molecule has 0 unspecified atom stereocenters. The highest BCUT2D eigenvalue weighted by atomic mass is 31.2. The van der Waals surface area contributed by atoms with E-state index in [1.54, 1.807) is 0 Å². The average molecular weight is 545 g/mol. The zero-order chi connectivity index (χ0) is 26.9. The number of ether oxygens (including phenoxy) is 1. The minimum absolute atomic E-state index is 0.162. The van der Waals surface area contributed by atoms with Crippen molar-refractivity contribution in [3.8, 4) is 11.5 Å². The van der Waals surface area contributed by atoms with Crippen molar-refractivity contribution in [2.75, 3.05) is 19.8 Å². The summed E-state index contributed by atoms with van der Waals surface area (Å²) in [6.07, 6.45) is 19.3. The molecule has 0 amide bonds. The normalized spacial score (nSPS) is 12.3. The van der Waals surface area contributed by atoms with Crippen LogP contribution in [0.1, 0.15) is 90.4 Å². The molecular formula is C32H49O5P. The number of hydrogen-bond donors (Lipinski definition) is 1. The van der Waals surface area contributed by atoms with Crippen LogP contribution < -0.4 is 9.05 Å². The Balaban J connectivity index is 1.42. The topological polar surface area (TPSA) is 57.2 Å². The van der Waals surface area contributed by atoms with E-state index in [1.165, 1.54) is 51.4 Å². The summed E-state index contributed by atoms with van der Waals surface area (Å²) in [6, 6.07) is 19.2. The van der Waals surface area contributed by atoms with Gasteiger partial charge in [0.25, 0.3) is 0 Å². The minimum Gasteiger partial charge on any atom is -0.418 e. The lowest BCUT2D eigenvalue weighted by Crippen LogP contribution is -2.07. The van der Waals surface area contributed by atoms with Crippen LogP contribution in [-0.2, 0) is 9.26 Å². The summed E-state index contributed by atoms with van der Waals surface area (Å²) in [5.74, 6) is 1.44. The van der Waals surface area contributed by atoms with Crippen LogP contribution in [0.4, 0.5) is 0 Å². The maximum Gasteiger partial charge on any atom is 0.463 e. The largest absolute Gasteiger partial charge is 0.463 e. The molecule has 38 heavy (non-hydrogen) atoms. The number of rotatable bonds is 24. The third-order valence-electron chi connectivity index (χ3n) is 6.15. The molecule has 2 aromatic rings. The van der Waals surface area contributed by atoms with Crippen molar-refractivity contribution < 1.29 is 23.4 Å². The predicted octanol–water partition coefficient (Wildman–Crippen LogP) is 9.41. The van der Waals surface area contributed by atoms with Gasteiger partial charge in [-0.2, -0.15) is 0 Å². The first-order valence-electron chi connectivity index (χ1n) is 14.6. The van der Waals surface area contributed by atoms with Crippen LogP contribution in [0.3, 0.4) is 0 Å². The number of unbranched alkanes of at least 4 members (excludes halogenated alkanes) is 9. The molecule has 1 N–H and O–H groups in total. The van der Waals surface area contributed by atoms with Gasteiger partial charge in [-0.25, -0.2) is 0 Å². The molecule has 0 aliphatic rings. The van der Waals surface area contributed by atoms with E-state index in [0.29, 0.717) is 13.2 Å². The Morgan fingerprint density at radius 1 is 0.684 bits per heavy atom. The number of aliphatic hydroxyl groups is 1. The molecular weight excluding hydrogens is 495 g/mol. The van der Waals surface area contributed by atoms with Crippen LogP contribution in [0.15, 0.2) is 72.8 Å². The Bertz CT molecular complexity index is 761. The Labute approximate surface area is 232 Å². The second kappa shape index (κ2) is 23.0. The van der Waals surface area contributed by atoms with Crippen LogP contribution in [0, 0.1) is 0 Å². The van der Waals surface area contributed by atoms with Gasteiger partial charge in [0, 0.05) is 6.61 Å². The van der Waals surface area contributed by atoms with Gasteiger partial charge in [0.15, 0.2) is 0 Å². The first-order valence-corrected chi connectivity index (χ1v) is 15.7. The minimum atomic E-state index is -1.56. The van der Waals surface area contributed by atoms with Gasteiger partial charge in [0.1, 0.15) is 11.5 Å². The first kappa shape index (κ1) is 32.3. The lowest BCUT2D eigenvalue weighted by atomic mass is 10.1. The van der Waals surface area contributed by atoms with Gasteiger partial charge >= 0.3 is 8.60 Å². The fourth-order valence-electron chi connectivity index (χ4n) is 3.95. The maximum atomic E-state index is 9.99. The van der Waals surface area contributed by atoms with E-state index < -0.39 is 8.60 Å². The molecule has 0 saturated heterocycles. The van der Waals surface area contributed by atoms with Crippen molar-refractivity contribution >= 4 is 8.60 Å². The fraction of sp³-hybridized carbons (Fsp3) is 0.562. The molecule has 5 nitrogen and oxygen atoms in total. The molecule has 1 atom stereocenters. The van der Waals surface area contributed by atoms with E-state index >= 15 is 0 Å². The summed E-state index contributed by atoms with van der Waals surface area (Å²) >= 11 is 0. The van der Waals surface area contributed by atoms with E-state index in [0.717, 1.165) is 50.2 Å². The highest BCUT2D eigenvalue weighted by Gasteiger charge is 2.17. The van der Waals surface area contributed by atoms with Crippen LogP contribution in [0.5, 0.6) is 11.5 Å². The summed E-state index contributed by atoms with van der Waals surface area (Å²) < 4.78 is 23.4. The molecule has 0 radical (unpaired) electrons. The van der Waals surface area contributed by atoms with Crippen LogP contribution in [-0.4, -0.2) is 31.0 Å². The van der Waals surface area contributed by atoms with Gasteiger partial charge in [-0.1, -0.05) is 107 Å². The monoisotopic (exact) mass is 544 g/mol. The van der Waals surface area contributed by atoms with Crippen LogP contribution in [0.25, 0.3) is 0 Å². The number of allylic oxidation sites excluding steroid dienone is 1. The van der Waals surface area contributed by atoms with Crippen LogP contribution in [0.2, 0.25) is 0 Å². The highest BCUT2D eigenvalue weighted by Crippen LogP contribution is 2.41. The number of hydrogen-bond acceptors (Lipinski definition) is 5. The second-order valence-corrected chi connectivity index (χ2v) is 10.7. The number of aliphatic hydroxyl groups excluding tert-OH is 1. The molecule has 0 aliphatic carbocycles. The summed E-state index contributed by atoms with van der Waals surface area (Å²) in [7, 11) is -1.56. The zero-order valence-electron chi connectivity index (χ0n) is 23.3. The quantitative estimate of drug-likeness (QED) is 0.0810. The number of para-hydroxylation sites is 2. The molecule has 2 rings (SSSR count). The van der Waals surface area contributed by atoms with Gasteiger partial charge in [-0.05, 0) is 56.4 Å². The molecule has 0 heterocycles. The summed E-state index contributed by atoms with van der Waals surface area (Å²) in [6.45, 7) is 3.92. The number of benzene rings is 2. The van der Waals surface area contributed by atoms with Crippen LogP contribution >= 0.6 is 8.60 Å². The van der Waals surface area contributed by atoms with Crippen molar-refractivity contribution in [1.29, 1.82) is 0 Å². The SMILES string of the molecule is CCCCCC[C@@H](O)C/C=C\CCCCCCCCOCCOP(Oc1ccccc1)Oc1ccccc1. The Kier molecular flexibility index (Phi) is 19.6. The van der Waals surface area contributed by atoms with Gasteiger partial charge in [-0.15, -0.1) is 0 Å². The van der Waals surface area contributed by atoms with Crippen molar-refractivity contribution in [3.63, 3.8) is 0 Å². The first-order chi connectivity index (χ1) is 18.8. The lowest BCUT2D eigenvalue weighted by molar-refractivity contribution is 0.0935. The van der Waals surface area contributed by atoms with Gasteiger partial charge < -0.3 is 18.9 Å². The van der Waals surface area contributed by atoms with Gasteiger partial charge in [0.05, 0.1) is 19.3 Å². The van der Waals surface area contributed by atoms with Crippen molar-refractivity contribution in [3.05, 3.63) is 72.8 Å². The average Bonchev–Trinajstić information content (AvgIpc) is 2.94. The Hall–Kier alpha value is -1.91. The molecule has 2 aromatic carbocycles. The maximum absolute atomic E-state index is 9.99. The fourth-order valence-corrected chi connectivity index (χ4v) is 4.90. The van der Waals surface area contributed by atoms with Crippen molar-refractivity contribution in [1.82, 2.24) is 0 Å². The molecule has 0 spiro atoms. The summed E-state index contributed by atoms with van der Waals surface area (Å²) in [4.78, 5) is 0. The molecule has 0 aromatic heterocycles. The Morgan fingerprint density at radius 3 is 1.95 bits per heavy atom. The molecule has 6 heteroatoms. The molecule has 0 bridgehead atoms. The molecule has 0 saturated carbocycles. The van der Waals surface area contributed by atoms with E-state index in [-0.39, 0.29) is 6.10 Å². The highest BCUT2D eigenvalue weighted by molar-refractivity contribution is 7.42. The van der Waals surface area contributed by atoms with Crippen molar-refractivity contribution in [2.45, 2.75) is 96.5 Å². The lowest BCUT2D eigenvalue weighted by Gasteiger charge is -2.17. The van der Waals surface area contributed by atoms with Gasteiger partial charge in [-0.3, -0.25) is 4.52 Å². The third-order valence-corrected chi connectivity index (χ3v) is 7.26. The van der Waals surface area contributed by atoms with Gasteiger partial charge in [0.2, 0.25) is 0 Å². The molecule has 0 fully saturated rings. The summed E-state index contributed by atoms with van der Waals surface area (Å²) in [5, 5.41) is 9.99. The Morgan fingerprint density at radius 2 is 1.29 bits per heavy atom. The van der Waals surface area contributed by atoms with E-state index in [2.05, 4.69) is 19.1 Å². The zero-order valence-corrected chi connectivity index (χ0v) is 24.2. The standard InChI is InChI=1S/C32H49O5P/c1-2-3-4-14-21-30(33)22-15-10-8-6-5-7-9-11-20-27-34-28-29-35-38(36-31-23-16-12-17-24-31)37-32-25-18-13-19-26-32/h10,12-13,15-19,23-26,30,33H,2-9,11,14,20-22,27-29H2,1H3/b15-10-/t30-/m1/s1. The third kappa shape index (κ3) is 17.6. The van der Waals surface area contributed by atoms with E-state index in [1.807, 2.05) is 60.7 Å². The second-order valence-electron chi connectivity index (χ2n) is 9.60.